The van der Waals surface area contributed by atoms with E-state index in [0.717, 1.165) is 16.5 Å². The first kappa shape index (κ1) is 18.2. The third-order valence-corrected chi connectivity index (χ3v) is 4.56. The summed E-state index contributed by atoms with van der Waals surface area (Å²) in [6.07, 6.45) is 4.00. The molecule has 2 aromatic heterocycles. The lowest BCUT2D eigenvalue weighted by atomic mass is 10.1. The average molecular weight is 382 g/mol. The Balaban J connectivity index is 1.40. The quantitative estimate of drug-likeness (QED) is 0.473. The third-order valence-electron chi connectivity index (χ3n) is 4.56. The van der Waals surface area contributed by atoms with E-state index in [1.807, 2.05) is 30.5 Å². The molecule has 0 radical (unpaired) electrons. The molecule has 0 saturated carbocycles. The smallest absolute Gasteiger partial charge is 0.270 e. The summed E-state index contributed by atoms with van der Waals surface area (Å²) in [7, 11) is 0. The fraction of sp³-hybridized carbons (Fsp3) is 0.0909. The number of para-hydroxylation sites is 2. The van der Waals surface area contributed by atoms with Gasteiger partial charge in [0.05, 0.1) is 11.3 Å². The molecule has 2 aromatic carbocycles. The summed E-state index contributed by atoms with van der Waals surface area (Å²) in [6.45, 7) is 0.491. The summed E-state index contributed by atoms with van der Waals surface area (Å²) in [5.41, 5.74) is 3.61. The van der Waals surface area contributed by atoms with E-state index < -0.39 is 0 Å². The summed E-state index contributed by atoms with van der Waals surface area (Å²) in [4.78, 5) is 23.9. The topological polar surface area (TPSA) is 106 Å². The van der Waals surface area contributed by atoms with Crippen LogP contribution in [-0.2, 0) is 6.42 Å². The van der Waals surface area contributed by atoms with Gasteiger partial charge in [-0.3, -0.25) is 4.79 Å². The zero-order valence-electron chi connectivity index (χ0n) is 15.5. The number of nitrogens with one attached hydrogen (secondary N) is 3. The monoisotopic (exact) mass is 382 g/mol. The van der Waals surface area contributed by atoms with E-state index in [0.29, 0.717) is 30.0 Å². The lowest BCUT2D eigenvalue weighted by molar-refractivity contribution is 0.0949. The van der Waals surface area contributed by atoms with Crippen molar-refractivity contribution in [3.05, 3.63) is 83.9 Å². The Hall–Kier alpha value is -4.18. The van der Waals surface area contributed by atoms with Crippen molar-refractivity contribution in [2.75, 3.05) is 11.9 Å². The Labute approximate surface area is 167 Å². The van der Waals surface area contributed by atoms with Crippen molar-refractivity contribution in [1.82, 2.24) is 20.3 Å². The Morgan fingerprint density at radius 3 is 2.83 bits per heavy atom. The molecule has 0 bridgehead atoms. The van der Waals surface area contributed by atoms with E-state index in [-0.39, 0.29) is 11.6 Å². The van der Waals surface area contributed by atoms with Crippen LogP contribution >= 0.6 is 0 Å². The second-order valence-corrected chi connectivity index (χ2v) is 6.44. The zero-order valence-corrected chi connectivity index (χ0v) is 15.5. The summed E-state index contributed by atoms with van der Waals surface area (Å²) in [5, 5.41) is 16.3. The highest BCUT2D eigenvalue weighted by Gasteiger charge is 2.10. The normalized spacial score (nSPS) is 10.4. The molecule has 0 spiro atoms. The maximum absolute atomic E-state index is 12.5. The molecule has 4 aromatic rings. The van der Waals surface area contributed by atoms with Crippen LogP contribution in [0.1, 0.15) is 21.6 Å². The molecule has 2 heterocycles. The summed E-state index contributed by atoms with van der Waals surface area (Å²) < 4.78 is 0. The van der Waals surface area contributed by atoms with Gasteiger partial charge in [-0.05, 0) is 30.2 Å². The highest BCUT2D eigenvalue weighted by Crippen LogP contribution is 2.19. The number of fused-ring (bicyclic) bond motifs is 1. The van der Waals surface area contributed by atoms with Gasteiger partial charge < -0.3 is 15.6 Å². The molecule has 7 nitrogen and oxygen atoms in total. The lowest BCUT2D eigenvalue weighted by Gasteiger charge is -2.08. The van der Waals surface area contributed by atoms with E-state index in [4.69, 9.17) is 0 Å². The van der Waals surface area contributed by atoms with E-state index in [9.17, 15) is 10.1 Å². The summed E-state index contributed by atoms with van der Waals surface area (Å²) in [6, 6.07) is 18.9. The van der Waals surface area contributed by atoms with Crippen LogP contribution in [0, 0.1) is 11.3 Å². The number of amides is 1. The molecule has 0 fully saturated rings. The number of nitrogens with zero attached hydrogens (tertiary/aromatic N) is 3. The minimum Gasteiger partial charge on any atom is -0.361 e. The number of hydrogen-bond donors (Lipinski definition) is 3. The third kappa shape index (κ3) is 4.06. The second kappa shape index (κ2) is 8.23. The van der Waals surface area contributed by atoms with Crippen LogP contribution in [0.3, 0.4) is 0 Å². The largest absolute Gasteiger partial charge is 0.361 e. The first-order valence-corrected chi connectivity index (χ1v) is 9.16. The predicted octanol–water partition coefficient (Wildman–Crippen LogP) is 3.55. The first-order chi connectivity index (χ1) is 14.2. The lowest BCUT2D eigenvalue weighted by Crippen LogP contribution is -2.26. The molecular weight excluding hydrogens is 364 g/mol. The van der Waals surface area contributed by atoms with Gasteiger partial charge in [-0.1, -0.05) is 30.3 Å². The second-order valence-electron chi connectivity index (χ2n) is 6.44. The number of H-pyrrole nitrogens is 1. The Kier molecular flexibility index (Phi) is 5.16. The number of nitriles is 1. The van der Waals surface area contributed by atoms with Gasteiger partial charge in [-0.25, -0.2) is 9.97 Å². The molecule has 0 unspecified atom stereocenters. The standard InChI is InChI=1S/C22H18N6O/c23-12-15-5-1-3-7-18(15)28-21-11-20(26-14-27-21)22(29)24-10-9-16-13-25-19-8-4-2-6-17(16)19/h1-8,11,13-14,25H,9-10H2,(H,24,29)(H,26,27,28). The van der Waals surface area contributed by atoms with Gasteiger partial charge >= 0.3 is 0 Å². The number of anilines is 2. The molecule has 0 saturated heterocycles. The molecule has 0 aliphatic heterocycles. The van der Waals surface area contributed by atoms with Crippen molar-refractivity contribution in [3.8, 4) is 6.07 Å². The van der Waals surface area contributed by atoms with Crippen molar-refractivity contribution in [2.45, 2.75) is 6.42 Å². The number of carbonyl (C=O) groups excluding carboxylic acids is 1. The molecule has 7 heteroatoms. The van der Waals surface area contributed by atoms with Gasteiger partial charge in [0.2, 0.25) is 0 Å². The van der Waals surface area contributed by atoms with Gasteiger partial charge in [0.25, 0.3) is 5.91 Å². The Morgan fingerprint density at radius 1 is 1.10 bits per heavy atom. The maximum atomic E-state index is 12.5. The molecule has 0 aliphatic carbocycles. The molecule has 0 atom stereocenters. The van der Waals surface area contributed by atoms with Gasteiger partial charge in [0, 0.05) is 29.7 Å². The average Bonchev–Trinajstić information content (AvgIpc) is 3.17. The van der Waals surface area contributed by atoms with Crippen molar-refractivity contribution in [2.24, 2.45) is 0 Å². The SMILES string of the molecule is N#Cc1ccccc1Nc1cc(C(=O)NCCc2c[nH]c3ccccc23)ncn1. The molecular formula is C22H18N6O. The van der Waals surface area contributed by atoms with Gasteiger partial charge in [0.1, 0.15) is 23.9 Å². The fourth-order valence-corrected chi connectivity index (χ4v) is 3.12. The van der Waals surface area contributed by atoms with E-state index in [2.05, 4.69) is 37.7 Å². The maximum Gasteiger partial charge on any atom is 0.270 e. The highest BCUT2D eigenvalue weighted by atomic mass is 16.1. The Bertz CT molecular complexity index is 1210. The van der Waals surface area contributed by atoms with Crippen LogP contribution < -0.4 is 10.6 Å². The van der Waals surface area contributed by atoms with E-state index >= 15 is 0 Å². The molecule has 3 N–H and O–H groups in total. The number of rotatable bonds is 6. The van der Waals surface area contributed by atoms with Gasteiger partial charge in [0.15, 0.2) is 0 Å². The van der Waals surface area contributed by atoms with Crippen LogP contribution in [0.4, 0.5) is 11.5 Å². The number of aromatic amines is 1. The molecule has 4 rings (SSSR count). The number of aromatic nitrogens is 3. The van der Waals surface area contributed by atoms with Crippen LogP contribution in [0.15, 0.2) is 67.1 Å². The van der Waals surface area contributed by atoms with Crippen molar-refractivity contribution in [1.29, 1.82) is 5.26 Å². The summed E-state index contributed by atoms with van der Waals surface area (Å²) >= 11 is 0. The predicted molar refractivity (Wildman–Crippen MR) is 111 cm³/mol. The van der Waals surface area contributed by atoms with Crippen molar-refractivity contribution >= 4 is 28.3 Å². The van der Waals surface area contributed by atoms with Crippen molar-refractivity contribution < 1.29 is 4.79 Å². The van der Waals surface area contributed by atoms with Crippen LogP contribution in [0.5, 0.6) is 0 Å². The van der Waals surface area contributed by atoms with Crippen LogP contribution in [0.2, 0.25) is 0 Å². The Morgan fingerprint density at radius 2 is 1.93 bits per heavy atom. The molecule has 142 valence electrons. The molecule has 0 aliphatic rings. The fourth-order valence-electron chi connectivity index (χ4n) is 3.12. The number of benzene rings is 2. The van der Waals surface area contributed by atoms with E-state index in [1.165, 1.54) is 6.33 Å². The van der Waals surface area contributed by atoms with Gasteiger partial charge in [-0.2, -0.15) is 5.26 Å². The number of carbonyl (C=O) groups is 1. The molecule has 1 amide bonds. The highest BCUT2D eigenvalue weighted by molar-refractivity contribution is 5.93. The summed E-state index contributed by atoms with van der Waals surface area (Å²) in [5.74, 6) is 0.174. The van der Waals surface area contributed by atoms with Crippen molar-refractivity contribution in [3.63, 3.8) is 0 Å². The van der Waals surface area contributed by atoms with Crippen LogP contribution in [0.25, 0.3) is 10.9 Å². The zero-order chi connectivity index (χ0) is 20.1. The van der Waals surface area contributed by atoms with Gasteiger partial charge in [-0.15, -0.1) is 0 Å². The number of hydrogen-bond acceptors (Lipinski definition) is 5. The molecule has 29 heavy (non-hydrogen) atoms. The van der Waals surface area contributed by atoms with E-state index in [1.54, 1.807) is 24.3 Å². The van der Waals surface area contributed by atoms with Crippen LogP contribution in [-0.4, -0.2) is 27.4 Å². The minimum absolute atomic E-state index is 0.260. The first-order valence-electron chi connectivity index (χ1n) is 9.16. The minimum atomic E-state index is -0.274.